The minimum atomic E-state index is -1.43. The molecule has 112 valence electrons. The standard InChI is InChI=1S/C12H18ClN3O4/c1-16(10-3-2-9(13)4-14-10)5-11(20)15-12(6-17,7-18)8-19/h2-4,17-19H,5-8H2,1H3,(H,15,20). The molecule has 1 aromatic rings. The topological polar surface area (TPSA) is 106 Å². The molecule has 0 aliphatic rings. The number of rotatable bonds is 7. The number of aromatic nitrogens is 1. The number of halogens is 1. The molecule has 1 rings (SSSR count). The van der Waals surface area contributed by atoms with Crippen LogP contribution in [0.25, 0.3) is 0 Å². The fraction of sp³-hybridized carbons (Fsp3) is 0.500. The zero-order valence-electron chi connectivity index (χ0n) is 11.1. The van der Waals surface area contributed by atoms with Crippen LogP contribution in [0, 0.1) is 0 Å². The number of hydrogen-bond donors (Lipinski definition) is 4. The smallest absolute Gasteiger partial charge is 0.240 e. The number of aliphatic hydroxyl groups excluding tert-OH is 3. The van der Waals surface area contributed by atoms with Crippen LogP contribution in [0.15, 0.2) is 18.3 Å². The molecule has 0 aliphatic carbocycles. The normalized spacial score (nSPS) is 11.2. The minimum absolute atomic E-state index is 0.0453. The van der Waals surface area contributed by atoms with Crippen LogP contribution in [0.5, 0.6) is 0 Å². The first kappa shape index (κ1) is 16.6. The zero-order chi connectivity index (χ0) is 15.2. The third-order valence-electron chi connectivity index (χ3n) is 2.80. The Morgan fingerprint density at radius 2 is 1.95 bits per heavy atom. The molecule has 0 radical (unpaired) electrons. The van der Waals surface area contributed by atoms with E-state index in [1.54, 1.807) is 24.1 Å². The van der Waals surface area contributed by atoms with Crippen LogP contribution in [0.2, 0.25) is 5.02 Å². The summed E-state index contributed by atoms with van der Waals surface area (Å²) in [5, 5.41) is 30.3. The molecule has 0 spiro atoms. The number of hydrogen-bond acceptors (Lipinski definition) is 6. The van der Waals surface area contributed by atoms with E-state index in [0.29, 0.717) is 10.8 Å². The van der Waals surface area contributed by atoms with Gasteiger partial charge in [0.2, 0.25) is 5.91 Å². The highest BCUT2D eigenvalue weighted by Gasteiger charge is 2.30. The summed E-state index contributed by atoms with van der Waals surface area (Å²) in [6.07, 6.45) is 1.46. The maximum atomic E-state index is 11.8. The lowest BCUT2D eigenvalue weighted by atomic mass is 10.0. The Balaban J connectivity index is 2.63. The quantitative estimate of drug-likeness (QED) is 0.515. The van der Waals surface area contributed by atoms with Gasteiger partial charge < -0.3 is 25.5 Å². The molecule has 0 aromatic carbocycles. The number of aliphatic hydroxyl groups is 3. The molecule has 0 saturated heterocycles. The summed E-state index contributed by atoms with van der Waals surface area (Å²) in [5.41, 5.74) is -1.43. The summed E-state index contributed by atoms with van der Waals surface area (Å²) < 4.78 is 0. The molecule has 0 atom stereocenters. The van der Waals surface area contributed by atoms with E-state index in [1.165, 1.54) is 6.20 Å². The Kier molecular flexibility index (Phi) is 6.15. The van der Waals surface area contributed by atoms with Crippen molar-refractivity contribution >= 4 is 23.3 Å². The largest absolute Gasteiger partial charge is 0.394 e. The summed E-state index contributed by atoms with van der Waals surface area (Å²) in [6.45, 7) is -1.73. The molecule has 1 amide bonds. The third kappa shape index (κ3) is 4.31. The molecular weight excluding hydrogens is 286 g/mol. The first-order valence-corrected chi connectivity index (χ1v) is 6.30. The van der Waals surface area contributed by atoms with E-state index in [0.717, 1.165) is 0 Å². The summed E-state index contributed by atoms with van der Waals surface area (Å²) in [7, 11) is 1.66. The van der Waals surface area contributed by atoms with E-state index in [-0.39, 0.29) is 6.54 Å². The predicted octanol–water partition coefficient (Wildman–Crippen LogP) is -0.997. The maximum absolute atomic E-state index is 11.8. The number of carbonyl (C=O) groups excluding carboxylic acids is 1. The summed E-state index contributed by atoms with van der Waals surface area (Å²) in [4.78, 5) is 17.5. The number of likely N-dealkylation sites (N-methyl/N-ethyl adjacent to an activating group) is 1. The molecule has 0 saturated carbocycles. The Hall–Kier alpha value is -1.41. The van der Waals surface area contributed by atoms with Crippen LogP contribution in [-0.4, -0.2) is 65.2 Å². The average molecular weight is 304 g/mol. The van der Waals surface area contributed by atoms with Gasteiger partial charge in [0.25, 0.3) is 0 Å². The monoisotopic (exact) mass is 303 g/mol. The van der Waals surface area contributed by atoms with E-state index in [2.05, 4.69) is 10.3 Å². The number of carbonyl (C=O) groups is 1. The molecule has 7 nitrogen and oxygen atoms in total. The second-order valence-corrected chi connectivity index (χ2v) is 4.93. The maximum Gasteiger partial charge on any atom is 0.240 e. The van der Waals surface area contributed by atoms with E-state index in [4.69, 9.17) is 26.9 Å². The first-order valence-electron chi connectivity index (χ1n) is 5.92. The molecule has 0 fully saturated rings. The lowest BCUT2D eigenvalue weighted by Crippen LogP contribution is -2.58. The Morgan fingerprint density at radius 3 is 2.40 bits per heavy atom. The second kappa shape index (κ2) is 7.39. The molecule has 20 heavy (non-hydrogen) atoms. The van der Waals surface area contributed by atoms with Crippen molar-refractivity contribution in [2.24, 2.45) is 0 Å². The number of nitrogens with zero attached hydrogens (tertiary/aromatic N) is 2. The third-order valence-corrected chi connectivity index (χ3v) is 3.02. The number of amides is 1. The van der Waals surface area contributed by atoms with Crippen LogP contribution < -0.4 is 10.2 Å². The number of nitrogens with one attached hydrogen (secondary N) is 1. The summed E-state index contributed by atoms with van der Waals surface area (Å²) >= 11 is 5.72. The van der Waals surface area contributed by atoms with Gasteiger partial charge in [-0.2, -0.15) is 0 Å². The highest BCUT2D eigenvalue weighted by atomic mass is 35.5. The summed E-state index contributed by atoms with van der Waals surface area (Å²) in [5.74, 6) is 0.0912. The van der Waals surface area contributed by atoms with Crippen LogP contribution in [0.1, 0.15) is 0 Å². The average Bonchev–Trinajstić information content (AvgIpc) is 2.45. The molecule has 0 aliphatic heterocycles. The van der Waals surface area contributed by atoms with Gasteiger partial charge >= 0.3 is 0 Å². The second-order valence-electron chi connectivity index (χ2n) is 4.49. The van der Waals surface area contributed by atoms with Gasteiger partial charge in [0.05, 0.1) is 31.4 Å². The lowest BCUT2D eigenvalue weighted by Gasteiger charge is -2.29. The van der Waals surface area contributed by atoms with Gasteiger partial charge in [-0.3, -0.25) is 4.79 Å². The van der Waals surface area contributed by atoms with Crippen LogP contribution >= 0.6 is 11.6 Å². The van der Waals surface area contributed by atoms with Gasteiger partial charge in [0, 0.05) is 13.2 Å². The predicted molar refractivity (Wildman–Crippen MR) is 74.6 cm³/mol. The molecule has 1 aromatic heterocycles. The van der Waals surface area contributed by atoms with Gasteiger partial charge in [-0.05, 0) is 12.1 Å². The van der Waals surface area contributed by atoms with Crippen molar-refractivity contribution in [3.05, 3.63) is 23.4 Å². The van der Waals surface area contributed by atoms with Crippen molar-refractivity contribution < 1.29 is 20.1 Å². The van der Waals surface area contributed by atoms with Crippen molar-refractivity contribution in [3.63, 3.8) is 0 Å². The van der Waals surface area contributed by atoms with Crippen LogP contribution in [0.4, 0.5) is 5.82 Å². The van der Waals surface area contributed by atoms with Gasteiger partial charge in [-0.15, -0.1) is 0 Å². The van der Waals surface area contributed by atoms with Gasteiger partial charge in [-0.25, -0.2) is 4.98 Å². The molecule has 1 heterocycles. The van der Waals surface area contributed by atoms with Gasteiger partial charge in [0.15, 0.2) is 0 Å². The molecule has 8 heteroatoms. The summed E-state index contributed by atoms with van der Waals surface area (Å²) in [6, 6.07) is 3.31. The Labute approximate surface area is 121 Å². The van der Waals surface area contributed by atoms with Gasteiger partial charge in [-0.1, -0.05) is 11.6 Å². The van der Waals surface area contributed by atoms with Crippen molar-refractivity contribution in [3.8, 4) is 0 Å². The fourth-order valence-corrected chi connectivity index (χ4v) is 1.61. The van der Waals surface area contributed by atoms with Crippen molar-refractivity contribution in [1.29, 1.82) is 0 Å². The highest BCUT2D eigenvalue weighted by molar-refractivity contribution is 6.30. The SMILES string of the molecule is CN(CC(=O)NC(CO)(CO)CO)c1ccc(Cl)cn1. The van der Waals surface area contributed by atoms with Gasteiger partial charge in [0.1, 0.15) is 11.4 Å². The Bertz CT molecular complexity index is 429. The molecule has 4 N–H and O–H groups in total. The van der Waals surface area contributed by atoms with Crippen LogP contribution in [0.3, 0.4) is 0 Å². The Morgan fingerprint density at radius 1 is 1.35 bits per heavy atom. The van der Waals surface area contributed by atoms with Crippen molar-refractivity contribution in [2.45, 2.75) is 5.54 Å². The minimum Gasteiger partial charge on any atom is -0.394 e. The van der Waals surface area contributed by atoms with E-state index >= 15 is 0 Å². The van der Waals surface area contributed by atoms with Crippen molar-refractivity contribution in [1.82, 2.24) is 10.3 Å². The lowest BCUT2D eigenvalue weighted by molar-refractivity contribution is -0.124. The van der Waals surface area contributed by atoms with E-state index in [1.807, 2.05) is 0 Å². The highest BCUT2D eigenvalue weighted by Crippen LogP contribution is 2.12. The molecule has 0 bridgehead atoms. The fourth-order valence-electron chi connectivity index (χ4n) is 1.49. The zero-order valence-corrected chi connectivity index (χ0v) is 11.8. The van der Waals surface area contributed by atoms with Crippen LogP contribution in [-0.2, 0) is 4.79 Å². The molecular formula is C12H18ClN3O4. The number of anilines is 1. The van der Waals surface area contributed by atoms with E-state index in [9.17, 15) is 4.79 Å². The molecule has 0 unspecified atom stereocenters. The van der Waals surface area contributed by atoms with Crippen molar-refractivity contribution in [2.75, 3.05) is 38.3 Å². The number of pyridine rings is 1. The first-order chi connectivity index (χ1) is 9.46. The van der Waals surface area contributed by atoms with E-state index < -0.39 is 31.3 Å².